The quantitative estimate of drug-likeness (QED) is 0.467. The van der Waals surface area contributed by atoms with Crippen molar-refractivity contribution >= 4 is 50.3 Å². The van der Waals surface area contributed by atoms with Crippen molar-refractivity contribution in [1.82, 2.24) is 4.31 Å². The largest absolute Gasteiger partial charge is 0.477 e. The molecule has 1 N–H and O–H groups in total. The second kappa shape index (κ2) is 10.9. The van der Waals surface area contributed by atoms with Crippen LogP contribution in [-0.2, 0) is 14.8 Å². The number of hydrogen-bond donors (Lipinski definition) is 1. The first-order valence-electron chi connectivity index (χ1n) is 12.6. The smallest absolute Gasteiger partial charge is 0.348 e. The summed E-state index contributed by atoms with van der Waals surface area (Å²) in [4.78, 5) is 28.8. The van der Waals surface area contributed by atoms with E-state index in [0.717, 1.165) is 37.0 Å². The molecule has 7 nitrogen and oxygen atoms in total. The lowest BCUT2D eigenvalue weighted by atomic mass is 9.82. The molecular formula is C27H34N2O5S3. The van der Waals surface area contributed by atoms with E-state index in [-0.39, 0.29) is 40.1 Å². The fourth-order valence-electron chi connectivity index (χ4n) is 4.91. The number of hydrogen-bond acceptors (Lipinski definition) is 6. The normalized spacial score (nSPS) is 22.9. The summed E-state index contributed by atoms with van der Waals surface area (Å²) in [6.45, 7) is 8.53. The molecule has 3 heterocycles. The molecule has 4 rings (SSSR count). The van der Waals surface area contributed by atoms with Gasteiger partial charge in [-0.05, 0) is 76.3 Å². The zero-order chi connectivity index (χ0) is 27.0. The predicted octanol–water partition coefficient (Wildman–Crippen LogP) is 5.53. The number of rotatable bonds is 6. The number of sulfonamides is 1. The first kappa shape index (κ1) is 27.8. The van der Waals surface area contributed by atoms with E-state index in [9.17, 15) is 23.1 Å². The van der Waals surface area contributed by atoms with E-state index in [1.54, 1.807) is 27.8 Å². The fourth-order valence-corrected chi connectivity index (χ4v) is 8.26. The molecule has 1 amide bonds. The number of carbonyl (C=O) groups excluding carboxylic acids is 1. The standard InChI is InChI=1S/C27H34N2O5S3/c1-18-5-7-19(8-6-18)25(30)29(20-10-13-28(16-20)37(33,34)22-11-14-35-17-22)23-15-21(9-12-27(2,3)4)36-24(23)26(31)32/h11,14-15,17-20H,5-8,10,13,16H2,1-4H3,(H,31,32)/t18-,19-,20-/m0/s1. The van der Waals surface area contributed by atoms with Crippen molar-refractivity contribution in [2.24, 2.45) is 17.3 Å². The molecular weight excluding hydrogens is 529 g/mol. The van der Waals surface area contributed by atoms with Gasteiger partial charge in [-0.3, -0.25) is 4.79 Å². The molecule has 1 saturated heterocycles. The zero-order valence-electron chi connectivity index (χ0n) is 21.7. The van der Waals surface area contributed by atoms with Gasteiger partial charge in [-0.25, -0.2) is 13.2 Å². The molecule has 1 saturated carbocycles. The van der Waals surface area contributed by atoms with Crippen LogP contribution >= 0.6 is 22.7 Å². The minimum atomic E-state index is -3.68. The SMILES string of the molecule is CC(C)(C)C#Cc1cc(N(C(=O)[C@H]2CC[C@H](C)CC2)[C@H]2CCN(S(=O)(=O)c3ccsc3)C2)c(C(=O)O)s1. The summed E-state index contributed by atoms with van der Waals surface area (Å²) in [5.41, 5.74) is 0.0724. The van der Waals surface area contributed by atoms with E-state index in [4.69, 9.17) is 0 Å². The Kier molecular flexibility index (Phi) is 8.19. The van der Waals surface area contributed by atoms with Crippen molar-refractivity contribution < 1.29 is 23.1 Å². The Labute approximate surface area is 227 Å². The van der Waals surface area contributed by atoms with Crippen LogP contribution in [0.5, 0.6) is 0 Å². The van der Waals surface area contributed by atoms with E-state index in [0.29, 0.717) is 22.9 Å². The minimum absolute atomic E-state index is 0.0647. The van der Waals surface area contributed by atoms with Gasteiger partial charge < -0.3 is 10.0 Å². The lowest BCUT2D eigenvalue weighted by molar-refractivity contribution is -0.124. The molecule has 1 aliphatic heterocycles. The van der Waals surface area contributed by atoms with Gasteiger partial charge in [-0.2, -0.15) is 15.6 Å². The maximum absolute atomic E-state index is 14.0. The number of nitrogens with zero attached hydrogens (tertiary/aromatic N) is 2. The number of thiophene rings is 2. The highest BCUT2D eigenvalue weighted by Crippen LogP contribution is 2.38. The number of aromatic carboxylic acids is 1. The summed E-state index contributed by atoms with van der Waals surface area (Å²) in [5, 5.41) is 13.4. The Hall–Kier alpha value is -2.19. The van der Waals surface area contributed by atoms with E-state index in [1.165, 1.54) is 15.6 Å². The summed E-state index contributed by atoms with van der Waals surface area (Å²) in [7, 11) is -3.68. The van der Waals surface area contributed by atoms with Gasteiger partial charge in [0, 0.05) is 29.8 Å². The maximum atomic E-state index is 14.0. The topological polar surface area (TPSA) is 95.0 Å². The molecule has 0 aromatic carbocycles. The van der Waals surface area contributed by atoms with Gasteiger partial charge in [0.15, 0.2) is 0 Å². The number of carboxylic acids is 1. The Morgan fingerprint density at radius 2 is 1.86 bits per heavy atom. The highest BCUT2D eigenvalue weighted by Gasteiger charge is 2.41. The van der Waals surface area contributed by atoms with Crippen LogP contribution in [0.2, 0.25) is 0 Å². The van der Waals surface area contributed by atoms with Crippen LogP contribution in [0.3, 0.4) is 0 Å². The Morgan fingerprint density at radius 1 is 1.16 bits per heavy atom. The first-order valence-corrected chi connectivity index (χ1v) is 15.8. The number of carbonyl (C=O) groups is 2. The van der Waals surface area contributed by atoms with E-state index in [1.807, 2.05) is 20.8 Å². The third-order valence-corrected chi connectivity index (χ3v) is 10.7. The van der Waals surface area contributed by atoms with E-state index >= 15 is 0 Å². The van der Waals surface area contributed by atoms with Crippen molar-refractivity contribution in [3.05, 3.63) is 32.6 Å². The predicted molar refractivity (Wildman–Crippen MR) is 148 cm³/mol. The number of anilines is 1. The number of amides is 1. The lowest BCUT2D eigenvalue weighted by Crippen LogP contribution is -2.46. The van der Waals surface area contributed by atoms with Crippen LogP contribution in [0.25, 0.3) is 0 Å². The number of carboxylic acid groups (broad SMARTS) is 1. The lowest BCUT2D eigenvalue weighted by Gasteiger charge is -2.34. The van der Waals surface area contributed by atoms with Crippen molar-refractivity contribution in [2.45, 2.75) is 70.7 Å². The monoisotopic (exact) mass is 562 g/mol. The molecule has 200 valence electrons. The summed E-state index contributed by atoms with van der Waals surface area (Å²) < 4.78 is 27.8. The van der Waals surface area contributed by atoms with E-state index in [2.05, 4.69) is 18.8 Å². The average molecular weight is 563 g/mol. The summed E-state index contributed by atoms with van der Waals surface area (Å²) in [5.74, 6) is 5.36. The molecule has 2 aromatic heterocycles. The van der Waals surface area contributed by atoms with Crippen molar-refractivity contribution in [1.29, 1.82) is 0 Å². The highest BCUT2D eigenvalue weighted by atomic mass is 32.2. The van der Waals surface area contributed by atoms with Crippen LogP contribution in [0.15, 0.2) is 27.8 Å². The third-order valence-electron chi connectivity index (χ3n) is 6.95. The minimum Gasteiger partial charge on any atom is -0.477 e. The second-order valence-corrected chi connectivity index (χ2v) is 14.8. The molecule has 0 spiro atoms. The van der Waals surface area contributed by atoms with Crippen molar-refractivity contribution in [3.63, 3.8) is 0 Å². The molecule has 0 bridgehead atoms. The Balaban J connectivity index is 1.72. The van der Waals surface area contributed by atoms with Crippen LogP contribution in [0.1, 0.15) is 74.3 Å². The molecule has 1 atom stereocenters. The summed E-state index contributed by atoms with van der Waals surface area (Å²) in [6.07, 6.45) is 3.85. The molecule has 1 aliphatic carbocycles. The first-order chi connectivity index (χ1) is 17.4. The van der Waals surface area contributed by atoms with Crippen molar-refractivity contribution in [2.75, 3.05) is 18.0 Å². The average Bonchev–Trinajstić information content (AvgIpc) is 3.59. The van der Waals surface area contributed by atoms with Gasteiger partial charge in [0.2, 0.25) is 15.9 Å². The Bertz CT molecular complexity index is 1300. The van der Waals surface area contributed by atoms with E-state index < -0.39 is 22.0 Å². The fraction of sp³-hybridized carbons (Fsp3) is 0.556. The molecule has 0 unspecified atom stereocenters. The summed E-state index contributed by atoms with van der Waals surface area (Å²) >= 11 is 2.39. The van der Waals surface area contributed by atoms with Gasteiger partial charge in [-0.1, -0.05) is 18.8 Å². The van der Waals surface area contributed by atoms with Gasteiger partial charge in [0.25, 0.3) is 0 Å². The highest BCUT2D eigenvalue weighted by molar-refractivity contribution is 7.89. The maximum Gasteiger partial charge on any atom is 0.348 e. The van der Waals surface area contributed by atoms with Crippen molar-refractivity contribution in [3.8, 4) is 11.8 Å². The molecule has 0 radical (unpaired) electrons. The Morgan fingerprint density at radius 3 is 2.46 bits per heavy atom. The zero-order valence-corrected chi connectivity index (χ0v) is 24.1. The molecule has 10 heteroatoms. The van der Waals surface area contributed by atoms with Gasteiger partial charge in [0.05, 0.1) is 21.5 Å². The molecule has 37 heavy (non-hydrogen) atoms. The van der Waals surface area contributed by atoms with Gasteiger partial charge in [0.1, 0.15) is 4.88 Å². The molecule has 2 aliphatic rings. The molecule has 2 fully saturated rings. The van der Waals surface area contributed by atoms with Gasteiger partial charge in [-0.15, -0.1) is 11.3 Å². The van der Waals surface area contributed by atoms with Crippen LogP contribution in [0, 0.1) is 29.1 Å². The van der Waals surface area contributed by atoms with Crippen LogP contribution < -0.4 is 4.90 Å². The molecule has 2 aromatic rings. The third kappa shape index (κ3) is 6.28. The van der Waals surface area contributed by atoms with Crippen LogP contribution in [-0.4, -0.2) is 48.8 Å². The second-order valence-electron chi connectivity index (χ2n) is 11.1. The summed E-state index contributed by atoms with van der Waals surface area (Å²) in [6, 6.07) is 2.84. The van der Waals surface area contributed by atoms with Gasteiger partial charge >= 0.3 is 5.97 Å². The van der Waals surface area contributed by atoms with Crippen LogP contribution in [0.4, 0.5) is 5.69 Å².